The Labute approximate surface area is 188 Å². The number of nitrogens with one attached hydrogen (secondary N) is 1. The number of hydrogen-bond donors (Lipinski definition) is 1. The first-order chi connectivity index (χ1) is 15.5. The van der Waals surface area contributed by atoms with Crippen molar-refractivity contribution in [2.75, 3.05) is 18.0 Å². The van der Waals surface area contributed by atoms with E-state index >= 15 is 0 Å². The van der Waals surface area contributed by atoms with Gasteiger partial charge < -0.3 is 10.2 Å². The second-order valence-electron chi connectivity index (χ2n) is 8.65. The molecule has 1 amide bonds. The number of anilines is 1. The predicted molar refractivity (Wildman–Crippen MR) is 122 cm³/mol. The van der Waals surface area contributed by atoms with Gasteiger partial charge in [-0.1, -0.05) is 20.8 Å². The summed E-state index contributed by atoms with van der Waals surface area (Å²) in [5, 5.41) is 7.27. The number of rotatable bonds is 7. The maximum Gasteiger partial charge on any atom is 0.225 e. The lowest BCUT2D eigenvalue weighted by molar-refractivity contribution is -0.125. The van der Waals surface area contributed by atoms with E-state index in [9.17, 15) is 4.79 Å². The van der Waals surface area contributed by atoms with Crippen molar-refractivity contribution in [2.24, 2.45) is 5.92 Å². The zero-order valence-electron chi connectivity index (χ0n) is 18.8. The van der Waals surface area contributed by atoms with Gasteiger partial charge in [-0.25, -0.2) is 15.0 Å². The molecule has 3 aromatic rings. The SMILES string of the molecule is CC(C)c1nc(N2CCC(NC(=O)[C@H](C)Cn3cncn3)CC2)ncc1-c1ccncc1. The minimum Gasteiger partial charge on any atom is -0.353 e. The van der Waals surface area contributed by atoms with Gasteiger partial charge in [-0.2, -0.15) is 5.10 Å². The van der Waals surface area contributed by atoms with Crippen molar-refractivity contribution in [1.82, 2.24) is 35.0 Å². The van der Waals surface area contributed by atoms with Crippen LogP contribution in [0.2, 0.25) is 0 Å². The number of nitrogens with zero attached hydrogens (tertiary/aromatic N) is 7. The van der Waals surface area contributed by atoms with Gasteiger partial charge in [0, 0.05) is 43.3 Å². The van der Waals surface area contributed by atoms with Crippen LogP contribution in [0.1, 0.15) is 45.2 Å². The molecular weight excluding hydrogens is 404 g/mol. The second kappa shape index (κ2) is 9.84. The third-order valence-corrected chi connectivity index (χ3v) is 5.84. The molecule has 1 N–H and O–H groups in total. The average Bonchev–Trinajstić information content (AvgIpc) is 3.33. The summed E-state index contributed by atoms with van der Waals surface area (Å²) in [5.74, 6) is 0.936. The fourth-order valence-electron chi connectivity index (χ4n) is 3.99. The molecule has 0 aromatic carbocycles. The lowest BCUT2D eigenvalue weighted by atomic mass is 10.00. The van der Waals surface area contributed by atoms with Crippen LogP contribution in [0, 0.1) is 5.92 Å². The number of amides is 1. The molecule has 1 atom stereocenters. The van der Waals surface area contributed by atoms with Crippen molar-refractivity contribution < 1.29 is 4.79 Å². The smallest absolute Gasteiger partial charge is 0.225 e. The number of carbonyl (C=O) groups is 1. The van der Waals surface area contributed by atoms with E-state index in [1.165, 1.54) is 6.33 Å². The summed E-state index contributed by atoms with van der Waals surface area (Å²) in [6, 6.07) is 4.14. The number of carbonyl (C=O) groups excluding carboxylic acids is 1. The summed E-state index contributed by atoms with van der Waals surface area (Å²) in [7, 11) is 0. The Hall–Kier alpha value is -3.36. The zero-order chi connectivity index (χ0) is 22.5. The Balaban J connectivity index is 1.36. The van der Waals surface area contributed by atoms with E-state index in [1.807, 2.05) is 25.3 Å². The normalized spacial score (nSPS) is 15.7. The van der Waals surface area contributed by atoms with E-state index in [1.54, 1.807) is 23.4 Å². The van der Waals surface area contributed by atoms with Crippen LogP contribution in [-0.4, -0.2) is 54.8 Å². The van der Waals surface area contributed by atoms with Gasteiger partial charge in [0.15, 0.2) is 0 Å². The molecule has 168 valence electrons. The molecule has 3 aromatic heterocycles. The fourth-order valence-corrected chi connectivity index (χ4v) is 3.99. The van der Waals surface area contributed by atoms with Crippen LogP contribution >= 0.6 is 0 Å². The standard InChI is InChI=1S/C23H30N8O/c1-16(2)21-20(18-4-8-24-9-5-18)12-26-23(29-21)30-10-6-19(7-11-30)28-22(32)17(3)13-31-15-25-14-27-31/h4-5,8-9,12,14-17,19H,6-7,10-11,13H2,1-3H3,(H,28,32)/t17-/m1/s1. The quantitative estimate of drug-likeness (QED) is 0.610. The molecule has 0 aliphatic carbocycles. The van der Waals surface area contributed by atoms with Crippen LogP contribution in [0.25, 0.3) is 11.1 Å². The van der Waals surface area contributed by atoms with Crippen LogP contribution in [-0.2, 0) is 11.3 Å². The molecule has 4 heterocycles. The number of piperidine rings is 1. The summed E-state index contributed by atoms with van der Waals surface area (Å²) in [6.07, 6.45) is 10.4. The monoisotopic (exact) mass is 434 g/mol. The molecule has 1 fully saturated rings. The molecule has 9 nitrogen and oxygen atoms in total. The Kier molecular flexibility index (Phi) is 6.72. The van der Waals surface area contributed by atoms with Crippen molar-refractivity contribution in [3.8, 4) is 11.1 Å². The largest absolute Gasteiger partial charge is 0.353 e. The van der Waals surface area contributed by atoms with Crippen LogP contribution in [0.5, 0.6) is 0 Å². The van der Waals surface area contributed by atoms with E-state index in [2.05, 4.69) is 44.1 Å². The van der Waals surface area contributed by atoms with Crippen molar-refractivity contribution in [2.45, 2.75) is 52.1 Å². The average molecular weight is 435 g/mol. The number of hydrogen-bond acceptors (Lipinski definition) is 7. The van der Waals surface area contributed by atoms with Gasteiger partial charge in [0.25, 0.3) is 0 Å². The minimum atomic E-state index is -0.160. The van der Waals surface area contributed by atoms with Crippen LogP contribution in [0.3, 0.4) is 0 Å². The molecule has 0 bridgehead atoms. The molecule has 0 radical (unpaired) electrons. The molecular formula is C23H30N8O. The summed E-state index contributed by atoms with van der Waals surface area (Å²) in [5.41, 5.74) is 3.17. The molecule has 0 saturated carbocycles. The Morgan fingerprint density at radius 3 is 2.56 bits per heavy atom. The van der Waals surface area contributed by atoms with E-state index in [0.29, 0.717) is 6.54 Å². The van der Waals surface area contributed by atoms with Crippen molar-refractivity contribution in [3.05, 3.63) is 49.1 Å². The summed E-state index contributed by atoms with van der Waals surface area (Å²) >= 11 is 0. The Morgan fingerprint density at radius 2 is 1.91 bits per heavy atom. The highest BCUT2D eigenvalue weighted by Gasteiger charge is 2.25. The van der Waals surface area contributed by atoms with E-state index in [-0.39, 0.29) is 23.8 Å². The van der Waals surface area contributed by atoms with Crippen molar-refractivity contribution >= 4 is 11.9 Å². The minimum absolute atomic E-state index is 0.0546. The van der Waals surface area contributed by atoms with Crippen LogP contribution in [0.15, 0.2) is 43.4 Å². The van der Waals surface area contributed by atoms with Gasteiger partial charge in [0.2, 0.25) is 11.9 Å². The Bertz CT molecular complexity index is 1010. The lowest BCUT2D eigenvalue weighted by Crippen LogP contribution is -2.47. The molecule has 1 saturated heterocycles. The fraction of sp³-hybridized carbons (Fsp3) is 0.478. The van der Waals surface area contributed by atoms with E-state index < -0.39 is 0 Å². The molecule has 0 spiro atoms. The summed E-state index contributed by atoms with van der Waals surface area (Å²) in [6.45, 7) is 8.37. The van der Waals surface area contributed by atoms with E-state index in [0.717, 1.165) is 48.7 Å². The van der Waals surface area contributed by atoms with Gasteiger partial charge in [-0.3, -0.25) is 14.5 Å². The molecule has 32 heavy (non-hydrogen) atoms. The van der Waals surface area contributed by atoms with Gasteiger partial charge in [-0.05, 0) is 36.5 Å². The predicted octanol–water partition coefficient (Wildman–Crippen LogP) is 2.67. The number of pyridine rings is 1. The first-order valence-electron chi connectivity index (χ1n) is 11.2. The second-order valence-corrected chi connectivity index (χ2v) is 8.65. The highest BCUT2D eigenvalue weighted by Crippen LogP contribution is 2.29. The molecule has 4 rings (SSSR count). The zero-order valence-corrected chi connectivity index (χ0v) is 18.8. The van der Waals surface area contributed by atoms with Crippen LogP contribution < -0.4 is 10.2 Å². The third kappa shape index (κ3) is 5.09. The van der Waals surface area contributed by atoms with Gasteiger partial charge in [-0.15, -0.1) is 0 Å². The van der Waals surface area contributed by atoms with Crippen molar-refractivity contribution in [1.29, 1.82) is 0 Å². The lowest BCUT2D eigenvalue weighted by Gasteiger charge is -2.33. The summed E-state index contributed by atoms with van der Waals surface area (Å²) < 4.78 is 1.69. The molecule has 1 aliphatic heterocycles. The maximum atomic E-state index is 12.6. The maximum absolute atomic E-state index is 12.6. The molecule has 0 unspecified atom stereocenters. The highest BCUT2D eigenvalue weighted by atomic mass is 16.2. The van der Waals surface area contributed by atoms with Crippen LogP contribution in [0.4, 0.5) is 5.95 Å². The van der Waals surface area contributed by atoms with Gasteiger partial charge in [0.1, 0.15) is 12.7 Å². The highest BCUT2D eigenvalue weighted by molar-refractivity contribution is 5.78. The first kappa shape index (κ1) is 21.9. The topological polar surface area (TPSA) is 102 Å². The Morgan fingerprint density at radius 1 is 1.16 bits per heavy atom. The summed E-state index contributed by atoms with van der Waals surface area (Å²) in [4.78, 5) is 32.4. The first-order valence-corrected chi connectivity index (χ1v) is 11.2. The van der Waals surface area contributed by atoms with E-state index in [4.69, 9.17) is 4.98 Å². The van der Waals surface area contributed by atoms with Gasteiger partial charge >= 0.3 is 0 Å². The van der Waals surface area contributed by atoms with Crippen molar-refractivity contribution in [3.63, 3.8) is 0 Å². The third-order valence-electron chi connectivity index (χ3n) is 5.84. The number of aromatic nitrogens is 6. The molecule has 1 aliphatic rings. The molecule has 9 heteroatoms. The van der Waals surface area contributed by atoms with Gasteiger partial charge in [0.05, 0.1) is 18.2 Å².